The quantitative estimate of drug-likeness (QED) is 0.896. The van der Waals surface area contributed by atoms with Gasteiger partial charge in [-0.2, -0.15) is 0 Å². The summed E-state index contributed by atoms with van der Waals surface area (Å²) >= 11 is 0. The predicted octanol–water partition coefficient (Wildman–Crippen LogP) is 1.52. The van der Waals surface area contributed by atoms with Crippen molar-refractivity contribution in [2.75, 3.05) is 32.7 Å². The van der Waals surface area contributed by atoms with Gasteiger partial charge in [0.25, 0.3) is 0 Å². The number of β-amino-alcohol motifs (C(OH)–C–C–N with tert-alkyl or cyclic N) is 1. The molecule has 0 bridgehead atoms. The molecule has 2 N–H and O–H groups in total. The smallest absolute Gasteiger partial charge is 0.0845 e. The summed E-state index contributed by atoms with van der Waals surface area (Å²) in [7, 11) is 0. The maximum Gasteiger partial charge on any atom is 0.0845 e. The lowest BCUT2D eigenvalue weighted by Gasteiger charge is -2.29. The highest BCUT2D eigenvalue weighted by atomic mass is 16.3. The molecule has 1 aromatic heterocycles. The van der Waals surface area contributed by atoms with Crippen molar-refractivity contribution in [3.63, 3.8) is 0 Å². The first-order valence-electron chi connectivity index (χ1n) is 7.82. The van der Waals surface area contributed by atoms with Crippen molar-refractivity contribution in [3.8, 4) is 0 Å². The van der Waals surface area contributed by atoms with Crippen LogP contribution < -0.4 is 5.32 Å². The summed E-state index contributed by atoms with van der Waals surface area (Å²) in [6, 6.07) is 8.46. The number of benzene rings is 1. The van der Waals surface area contributed by atoms with Gasteiger partial charge in [0.2, 0.25) is 0 Å². The molecule has 4 nitrogen and oxygen atoms in total. The van der Waals surface area contributed by atoms with Crippen LogP contribution in [0.4, 0.5) is 0 Å². The Hall–Kier alpha value is -1.36. The molecule has 0 unspecified atom stereocenters. The van der Waals surface area contributed by atoms with Gasteiger partial charge in [0, 0.05) is 49.3 Å². The third-order valence-corrected chi connectivity index (χ3v) is 4.62. The van der Waals surface area contributed by atoms with Crippen molar-refractivity contribution in [3.05, 3.63) is 35.5 Å². The summed E-state index contributed by atoms with van der Waals surface area (Å²) in [5, 5.41) is 15.1. The number of rotatable bonds is 4. The summed E-state index contributed by atoms with van der Waals surface area (Å²) in [4.78, 5) is 2.34. The van der Waals surface area contributed by atoms with E-state index in [4.69, 9.17) is 0 Å². The van der Waals surface area contributed by atoms with Gasteiger partial charge in [0.15, 0.2) is 0 Å². The monoisotopic (exact) mass is 287 g/mol. The Kier molecular flexibility index (Phi) is 4.29. The number of piperazine rings is 1. The Bertz CT molecular complexity index is 614. The maximum absolute atomic E-state index is 10.5. The normalized spacial score (nSPS) is 18.2. The molecule has 1 aromatic carbocycles. The first kappa shape index (κ1) is 14.6. The molecule has 114 valence electrons. The van der Waals surface area contributed by atoms with Crippen molar-refractivity contribution in [2.24, 2.45) is 0 Å². The fourth-order valence-corrected chi connectivity index (χ4v) is 3.30. The van der Waals surface area contributed by atoms with Crippen molar-refractivity contribution in [1.82, 2.24) is 14.8 Å². The Morgan fingerprint density at radius 1 is 1.14 bits per heavy atom. The van der Waals surface area contributed by atoms with Gasteiger partial charge in [0.1, 0.15) is 0 Å². The van der Waals surface area contributed by atoms with Crippen molar-refractivity contribution in [1.29, 1.82) is 0 Å². The van der Waals surface area contributed by atoms with Gasteiger partial charge < -0.3 is 15.0 Å². The molecule has 2 heterocycles. The summed E-state index contributed by atoms with van der Waals surface area (Å²) in [6.07, 6.45) is -0.322. The molecule has 1 fully saturated rings. The highest BCUT2D eigenvalue weighted by Gasteiger charge is 2.17. The number of para-hydroxylation sites is 1. The molecular formula is C17H25N3O. The Balaban J connectivity index is 1.76. The van der Waals surface area contributed by atoms with E-state index in [9.17, 15) is 5.11 Å². The molecule has 0 aliphatic carbocycles. The van der Waals surface area contributed by atoms with E-state index in [1.54, 1.807) is 0 Å². The zero-order valence-electron chi connectivity index (χ0n) is 13.0. The molecule has 0 spiro atoms. The van der Waals surface area contributed by atoms with Crippen molar-refractivity contribution in [2.45, 2.75) is 26.5 Å². The second-order valence-corrected chi connectivity index (χ2v) is 6.04. The van der Waals surface area contributed by atoms with Gasteiger partial charge in [0.05, 0.1) is 12.6 Å². The van der Waals surface area contributed by atoms with Gasteiger partial charge in [-0.1, -0.05) is 18.2 Å². The number of nitrogens with one attached hydrogen (secondary N) is 1. The van der Waals surface area contributed by atoms with Crippen LogP contribution in [0.15, 0.2) is 24.3 Å². The number of aliphatic hydroxyl groups excluding tert-OH is 1. The van der Waals surface area contributed by atoms with Gasteiger partial charge in [-0.05, 0) is 25.5 Å². The summed E-state index contributed by atoms with van der Waals surface area (Å²) in [5.74, 6) is 0. The molecule has 1 aliphatic heterocycles. The number of aromatic nitrogens is 1. The minimum Gasteiger partial charge on any atom is -0.390 e. The van der Waals surface area contributed by atoms with E-state index in [1.165, 1.54) is 22.2 Å². The average Bonchev–Trinajstić information content (AvgIpc) is 2.74. The number of aryl methyl sites for hydroxylation is 1. The van der Waals surface area contributed by atoms with Crippen molar-refractivity contribution < 1.29 is 5.11 Å². The zero-order chi connectivity index (χ0) is 14.8. The van der Waals surface area contributed by atoms with Gasteiger partial charge in [-0.15, -0.1) is 0 Å². The summed E-state index contributed by atoms with van der Waals surface area (Å²) in [5.41, 5.74) is 3.81. The first-order valence-corrected chi connectivity index (χ1v) is 7.82. The average molecular weight is 287 g/mol. The number of hydrogen-bond donors (Lipinski definition) is 2. The number of hydrogen-bond acceptors (Lipinski definition) is 3. The first-order chi connectivity index (χ1) is 10.2. The second-order valence-electron chi connectivity index (χ2n) is 6.04. The van der Waals surface area contributed by atoms with E-state index in [1.807, 2.05) is 0 Å². The van der Waals surface area contributed by atoms with Gasteiger partial charge in [-0.25, -0.2) is 0 Å². The zero-order valence-corrected chi connectivity index (χ0v) is 13.0. The SMILES string of the molecule is Cc1c(C)n(C[C@@H](O)CN2CCNCC2)c2ccccc12. The topological polar surface area (TPSA) is 40.4 Å². The van der Waals surface area contributed by atoms with Crippen LogP contribution in [0.25, 0.3) is 10.9 Å². The van der Waals surface area contributed by atoms with E-state index in [0.717, 1.165) is 32.7 Å². The second kappa shape index (κ2) is 6.18. The Morgan fingerprint density at radius 3 is 2.62 bits per heavy atom. The fraction of sp³-hybridized carbons (Fsp3) is 0.529. The van der Waals surface area contributed by atoms with Gasteiger partial charge >= 0.3 is 0 Å². The minimum atomic E-state index is -0.322. The standard InChI is InChI=1S/C17H25N3O/c1-13-14(2)20(17-6-4-3-5-16(13)17)12-15(21)11-19-9-7-18-8-10-19/h3-6,15,18,21H,7-12H2,1-2H3/t15-/m0/s1. The predicted molar refractivity (Wildman–Crippen MR) is 86.7 cm³/mol. The molecular weight excluding hydrogens is 262 g/mol. The Labute approximate surface area is 126 Å². The Morgan fingerprint density at radius 2 is 1.86 bits per heavy atom. The lowest BCUT2D eigenvalue weighted by atomic mass is 10.2. The molecule has 0 amide bonds. The molecule has 0 saturated carbocycles. The third-order valence-electron chi connectivity index (χ3n) is 4.62. The van der Waals surface area contributed by atoms with E-state index in [2.05, 4.69) is 52.9 Å². The van der Waals surface area contributed by atoms with E-state index >= 15 is 0 Å². The molecule has 0 radical (unpaired) electrons. The van der Waals surface area contributed by atoms with Gasteiger partial charge in [-0.3, -0.25) is 4.90 Å². The summed E-state index contributed by atoms with van der Waals surface area (Å²) in [6.45, 7) is 9.85. The molecule has 1 aliphatic rings. The third kappa shape index (κ3) is 2.98. The minimum absolute atomic E-state index is 0.322. The van der Waals surface area contributed by atoms with Crippen molar-refractivity contribution >= 4 is 10.9 Å². The van der Waals surface area contributed by atoms with E-state index in [0.29, 0.717) is 6.54 Å². The van der Waals surface area contributed by atoms with E-state index in [-0.39, 0.29) is 6.10 Å². The van der Waals surface area contributed by atoms with Crippen LogP contribution >= 0.6 is 0 Å². The fourth-order valence-electron chi connectivity index (χ4n) is 3.30. The van der Waals surface area contributed by atoms with Crippen LogP contribution in [0.2, 0.25) is 0 Å². The number of fused-ring (bicyclic) bond motifs is 1. The lowest BCUT2D eigenvalue weighted by molar-refractivity contribution is 0.0923. The lowest BCUT2D eigenvalue weighted by Crippen LogP contribution is -2.46. The van der Waals surface area contributed by atoms with Crippen LogP contribution in [-0.2, 0) is 6.54 Å². The van der Waals surface area contributed by atoms with Crippen LogP contribution in [0.3, 0.4) is 0 Å². The molecule has 4 heteroatoms. The highest BCUT2D eigenvalue weighted by Crippen LogP contribution is 2.25. The highest BCUT2D eigenvalue weighted by molar-refractivity contribution is 5.85. The largest absolute Gasteiger partial charge is 0.390 e. The van der Waals surface area contributed by atoms with Crippen LogP contribution in [-0.4, -0.2) is 53.4 Å². The molecule has 2 aromatic rings. The van der Waals surface area contributed by atoms with Crippen LogP contribution in [0.1, 0.15) is 11.3 Å². The van der Waals surface area contributed by atoms with Crippen LogP contribution in [0, 0.1) is 13.8 Å². The van der Waals surface area contributed by atoms with Crippen LogP contribution in [0.5, 0.6) is 0 Å². The molecule has 21 heavy (non-hydrogen) atoms. The molecule has 1 saturated heterocycles. The molecule has 1 atom stereocenters. The maximum atomic E-state index is 10.5. The van der Waals surface area contributed by atoms with E-state index < -0.39 is 0 Å². The molecule has 3 rings (SSSR count). The summed E-state index contributed by atoms with van der Waals surface area (Å²) < 4.78 is 2.26. The number of aliphatic hydroxyl groups is 1. The number of nitrogens with zero attached hydrogens (tertiary/aromatic N) is 2.